The minimum Gasteiger partial charge on any atom is -0.472 e. The Labute approximate surface area is 219 Å². The van der Waals surface area contributed by atoms with Gasteiger partial charge in [-0.3, -0.25) is 4.90 Å². The van der Waals surface area contributed by atoms with Crippen molar-refractivity contribution in [2.24, 2.45) is 0 Å². The predicted octanol–water partition coefficient (Wildman–Crippen LogP) is 4.12. The Morgan fingerprint density at radius 3 is 2.63 bits per heavy atom. The zero-order chi connectivity index (χ0) is 26.9. The molecule has 38 heavy (non-hydrogen) atoms. The zero-order valence-corrected chi connectivity index (χ0v) is 22.1. The lowest BCUT2D eigenvalue weighted by Crippen LogP contribution is -2.76. The van der Waals surface area contributed by atoms with Crippen molar-refractivity contribution in [3.05, 3.63) is 71.6 Å². The van der Waals surface area contributed by atoms with Gasteiger partial charge in [0.25, 0.3) is 0 Å². The van der Waals surface area contributed by atoms with E-state index in [1.807, 2.05) is 12.1 Å². The van der Waals surface area contributed by atoms with Crippen molar-refractivity contribution in [3.63, 3.8) is 0 Å². The van der Waals surface area contributed by atoms with Crippen LogP contribution in [0.5, 0.6) is 5.88 Å². The summed E-state index contributed by atoms with van der Waals surface area (Å²) in [5.74, 6) is -0.309. The smallest absolute Gasteiger partial charge is 0.221 e. The van der Waals surface area contributed by atoms with Crippen molar-refractivity contribution in [2.75, 3.05) is 24.8 Å². The number of morpholine rings is 1. The van der Waals surface area contributed by atoms with Crippen LogP contribution in [0.3, 0.4) is 0 Å². The van der Waals surface area contributed by atoms with E-state index in [1.165, 1.54) is 30.6 Å². The molecule has 200 valence electrons. The molecule has 0 saturated carbocycles. The van der Waals surface area contributed by atoms with Crippen LogP contribution in [-0.4, -0.2) is 60.4 Å². The van der Waals surface area contributed by atoms with E-state index in [9.17, 15) is 17.2 Å². The number of anilines is 2. The van der Waals surface area contributed by atoms with Crippen molar-refractivity contribution >= 4 is 21.3 Å². The van der Waals surface area contributed by atoms with Crippen LogP contribution in [0.25, 0.3) is 0 Å². The van der Waals surface area contributed by atoms with Gasteiger partial charge in [-0.1, -0.05) is 12.1 Å². The summed E-state index contributed by atoms with van der Waals surface area (Å²) >= 11 is 0. The van der Waals surface area contributed by atoms with Crippen LogP contribution in [0, 0.1) is 18.6 Å². The third-order valence-corrected chi connectivity index (χ3v) is 9.14. The van der Waals surface area contributed by atoms with Gasteiger partial charge >= 0.3 is 0 Å². The van der Waals surface area contributed by atoms with Crippen LogP contribution < -0.4 is 10.1 Å². The molecule has 3 aromatic rings. The minimum absolute atomic E-state index is 0.0813. The molecule has 1 N–H and O–H groups in total. The molecule has 4 heterocycles. The number of nitrogens with one attached hydrogen (secondary N) is 1. The monoisotopic (exact) mass is 542 g/mol. The average Bonchev–Trinajstić information content (AvgIpc) is 3.14. The van der Waals surface area contributed by atoms with E-state index in [-0.39, 0.29) is 34.1 Å². The van der Waals surface area contributed by atoms with Crippen LogP contribution >= 0.6 is 0 Å². The Kier molecular flexibility index (Phi) is 5.75. The largest absolute Gasteiger partial charge is 0.472 e. The maximum absolute atomic E-state index is 14.7. The molecule has 3 aliphatic heterocycles. The second kappa shape index (κ2) is 8.69. The summed E-state index contributed by atoms with van der Waals surface area (Å²) in [6.07, 6.45) is 3.59. The fourth-order valence-electron chi connectivity index (χ4n) is 6.48. The Bertz CT molecular complexity index is 1520. The van der Waals surface area contributed by atoms with Gasteiger partial charge in [-0.25, -0.2) is 27.2 Å². The third kappa shape index (κ3) is 3.87. The molecular weight excluding hydrogens is 514 g/mol. The first-order valence-electron chi connectivity index (χ1n) is 12.4. The van der Waals surface area contributed by atoms with Gasteiger partial charge in [-0.05, 0) is 56.2 Å². The van der Waals surface area contributed by atoms with Gasteiger partial charge in [0, 0.05) is 24.3 Å². The Hall–Kier alpha value is -3.15. The molecule has 3 fully saturated rings. The number of rotatable bonds is 6. The maximum atomic E-state index is 14.7. The first kappa shape index (κ1) is 25.1. The van der Waals surface area contributed by atoms with E-state index in [1.54, 1.807) is 6.92 Å². The molecule has 3 saturated heterocycles. The van der Waals surface area contributed by atoms with E-state index in [0.29, 0.717) is 36.9 Å². The van der Waals surface area contributed by atoms with Crippen molar-refractivity contribution in [3.8, 4) is 5.88 Å². The number of benzene rings is 2. The normalized spacial score (nSPS) is 28.4. The van der Waals surface area contributed by atoms with E-state index >= 15 is 0 Å². The number of ether oxygens (including phenoxy) is 2. The zero-order valence-electron chi connectivity index (χ0n) is 21.2. The Morgan fingerprint density at radius 2 is 1.92 bits per heavy atom. The summed E-state index contributed by atoms with van der Waals surface area (Å²) < 4.78 is 64.5. The minimum atomic E-state index is -3.54. The number of sulfone groups is 1. The first-order valence-corrected chi connectivity index (χ1v) is 14.3. The quantitative estimate of drug-likeness (QED) is 0.497. The van der Waals surface area contributed by atoms with Crippen LogP contribution in [-0.2, 0) is 20.1 Å². The number of nitrogens with zero attached hydrogens (tertiary/aromatic N) is 3. The van der Waals surface area contributed by atoms with Gasteiger partial charge in [-0.2, -0.15) is 0 Å². The third-order valence-electron chi connectivity index (χ3n) is 8.03. The van der Waals surface area contributed by atoms with Gasteiger partial charge in [0.05, 0.1) is 34.9 Å². The molecule has 0 amide bonds. The van der Waals surface area contributed by atoms with Gasteiger partial charge in [0.1, 0.15) is 29.9 Å². The van der Waals surface area contributed by atoms with Crippen molar-refractivity contribution in [2.45, 2.75) is 54.8 Å². The summed E-state index contributed by atoms with van der Waals surface area (Å²) in [6.45, 7) is 5.19. The molecule has 11 heteroatoms. The molecule has 6 rings (SSSR count). The van der Waals surface area contributed by atoms with Crippen LogP contribution in [0.15, 0.2) is 53.7 Å². The summed E-state index contributed by atoms with van der Waals surface area (Å²) in [4.78, 5) is 11.0. The summed E-state index contributed by atoms with van der Waals surface area (Å²) in [5, 5.41) is 2.94. The molecule has 2 aromatic carbocycles. The highest BCUT2D eigenvalue weighted by molar-refractivity contribution is 7.90. The molecule has 0 radical (unpaired) electrons. The van der Waals surface area contributed by atoms with Crippen molar-refractivity contribution in [1.29, 1.82) is 0 Å². The van der Waals surface area contributed by atoms with Crippen molar-refractivity contribution in [1.82, 2.24) is 14.9 Å². The second-order valence-electron chi connectivity index (χ2n) is 10.7. The first-order chi connectivity index (χ1) is 18.0. The Balaban J connectivity index is 1.32. The average molecular weight is 543 g/mol. The lowest BCUT2D eigenvalue weighted by Gasteiger charge is -2.65. The van der Waals surface area contributed by atoms with Crippen molar-refractivity contribution < 1.29 is 26.7 Å². The highest BCUT2D eigenvalue weighted by atomic mass is 32.2. The molecule has 0 spiro atoms. The van der Waals surface area contributed by atoms with Crippen LogP contribution in [0.4, 0.5) is 20.3 Å². The van der Waals surface area contributed by atoms with Gasteiger partial charge < -0.3 is 14.8 Å². The SMILES string of the molecule is Cc1c(Nc2ccc(S(C)(=O)=O)cc2F)ncnc1OC1CC2COCC3(C)CC1(c1ccc(F)cc1)N23. The number of aromatic nitrogens is 2. The predicted molar refractivity (Wildman–Crippen MR) is 136 cm³/mol. The molecule has 0 aliphatic carbocycles. The lowest BCUT2D eigenvalue weighted by atomic mass is 9.65. The molecule has 8 nitrogen and oxygen atoms in total. The number of halogens is 2. The fourth-order valence-corrected chi connectivity index (χ4v) is 7.12. The highest BCUT2D eigenvalue weighted by Gasteiger charge is 2.71. The summed E-state index contributed by atoms with van der Waals surface area (Å²) in [5.41, 5.74) is 1.08. The standard InChI is InChI=1S/C27H28F2N4O4S/c1-16-24(32-22-9-8-20(11-21(22)29)38(3,34)35)30-15-31-25(16)37-23-10-19-12-36-14-26(2)13-27(23,33(19)26)17-4-6-18(28)7-5-17/h4-9,11,15,19,23H,10,12-14H2,1-3H3,(H,30,31,32). The number of hydrogen-bond donors (Lipinski definition) is 1. The molecule has 0 bridgehead atoms. The number of hydrogen-bond acceptors (Lipinski definition) is 8. The summed E-state index contributed by atoms with van der Waals surface area (Å²) in [7, 11) is -3.54. The molecule has 3 aliphatic rings. The van der Waals surface area contributed by atoms with E-state index in [2.05, 4.69) is 27.1 Å². The van der Waals surface area contributed by atoms with Gasteiger partial charge in [0.15, 0.2) is 9.84 Å². The van der Waals surface area contributed by atoms with E-state index in [0.717, 1.165) is 24.3 Å². The second-order valence-corrected chi connectivity index (χ2v) is 12.7. The van der Waals surface area contributed by atoms with Crippen LogP contribution in [0.1, 0.15) is 30.9 Å². The fraction of sp³-hybridized carbons (Fsp3) is 0.407. The van der Waals surface area contributed by atoms with E-state index < -0.39 is 21.2 Å². The molecule has 1 aromatic heterocycles. The van der Waals surface area contributed by atoms with Gasteiger partial charge in [0.2, 0.25) is 5.88 Å². The highest BCUT2D eigenvalue weighted by Crippen LogP contribution is 2.62. The maximum Gasteiger partial charge on any atom is 0.221 e. The topological polar surface area (TPSA) is 93.7 Å². The van der Waals surface area contributed by atoms with E-state index in [4.69, 9.17) is 9.47 Å². The summed E-state index contributed by atoms with van der Waals surface area (Å²) in [6, 6.07) is 10.4. The Morgan fingerprint density at radius 1 is 1.16 bits per heavy atom. The molecule has 4 unspecified atom stereocenters. The lowest BCUT2D eigenvalue weighted by molar-refractivity contribution is -0.221. The molecule has 4 atom stereocenters. The molecular formula is C27H28F2N4O4S. The van der Waals surface area contributed by atoms with Crippen LogP contribution in [0.2, 0.25) is 0 Å². The van der Waals surface area contributed by atoms with Gasteiger partial charge in [-0.15, -0.1) is 0 Å².